The smallest absolute Gasteiger partial charge is 0.00928 e. The number of benzene rings is 8. The lowest BCUT2D eigenvalue weighted by atomic mass is 9.89. The first-order chi connectivity index (χ1) is 19.8. The highest BCUT2D eigenvalue weighted by atomic mass is 14.2. The topological polar surface area (TPSA) is 0 Å². The van der Waals surface area contributed by atoms with E-state index in [0.717, 1.165) is 0 Å². The minimum absolute atomic E-state index is 1.23. The first-order valence-corrected chi connectivity index (χ1v) is 13.8. The van der Waals surface area contributed by atoms with Crippen LogP contribution in [0.2, 0.25) is 0 Å². The molecule has 0 fully saturated rings. The highest BCUT2D eigenvalue weighted by Crippen LogP contribution is 2.39. The van der Waals surface area contributed by atoms with Gasteiger partial charge in [0.25, 0.3) is 0 Å². The quantitative estimate of drug-likeness (QED) is 0.209. The molecule has 186 valence electrons. The van der Waals surface area contributed by atoms with Gasteiger partial charge in [-0.25, -0.2) is 0 Å². The van der Waals surface area contributed by atoms with Crippen molar-refractivity contribution in [2.75, 3.05) is 0 Å². The van der Waals surface area contributed by atoms with E-state index in [1.54, 1.807) is 0 Å². The van der Waals surface area contributed by atoms with Gasteiger partial charge in [0.2, 0.25) is 0 Å². The van der Waals surface area contributed by atoms with E-state index in [1.165, 1.54) is 76.5 Å². The Morgan fingerprint density at radius 2 is 0.625 bits per heavy atom. The van der Waals surface area contributed by atoms with Crippen LogP contribution in [0.15, 0.2) is 158 Å². The molecule has 8 rings (SSSR count). The molecule has 0 aliphatic rings. The lowest BCUT2D eigenvalue weighted by Crippen LogP contribution is -1.88. The van der Waals surface area contributed by atoms with Crippen molar-refractivity contribution in [2.24, 2.45) is 0 Å². The van der Waals surface area contributed by atoms with Crippen LogP contribution >= 0.6 is 0 Å². The van der Waals surface area contributed by atoms with Crippen molar-refractivity contribution >= 4 is 43.1 Å². The van der Waals surface area contributed by atoms with Gasteiger partial charge in [-0.15, -0.1) is 0 Å². The average Bonchev–Trinajstić information content (AvgIpc) is 3.03. The first kappa shape index (κ1) is 22.8. The number of fused-ring (bicyclic) bond motifs is 4. The van der Waals surface area contributed by atoms with Crippen LogP contribution in [-0.2, 0) is 0 Å². The zero-order chi connectivity index (χ0) is 26.5. The maximum atomic E-state index is 2.37. The normalized spacial score (nSPS) is 11.5. The molecule has 0 aliphatic heterocycles. The Balaban J connectivity index is 1.34. The van der Waals surface area contributed by atoms with Crippen molar-refractivity contribution in [1.29, 1.82) is 0 Å². The van der Waals surface area contributed by atoms with E-state index in [9.17, 15) is 0 Å². The van der Waals surface area contributed by atoms with Gasteiger partial charge in [0.1, 0.15) is 0 Å². The van der Waals surface area contributed by atoms with Crippen LogP contribution in [0.25, 0.3) is 76.5 Å². The zero-order valence-electron chi connectivity index (χ0n) is 22.0. The maximum absolute atomic E-state index is 2.37. The van der Waals surface area contributed by atoms with Gasteiger partial charge in [-0.2, -0.15) is 0 Å². The van der Waals surface area contributed by atoms with Crippen LogP contribution in [0.5, 0.6) is 0 Å². The highest BCUT2D eigenvalue weighted by molar-refractivity contribution is 6.11. The van der Waals surface area contributed by atoms with Crippen molar-refractivity contribution in [3.8, 4) is 33.4 Å². The molecule has 0 heterocycles. The van der Waals surface area contributed by atoms with Gasteiger partial charge in [0, 0.05) is 0 Å². The van der Waals surface area contributed by atoms with Gasteiger partial charge in [0.15, 0.2) is 0 Å². The standard InChI is InChI=1S/C40H26/c1-3-10-29-22-34(18-16-27(29)8-1)31-14-7-15-35(24-31)37-20-21-38(36-19-17-28-9-2-4-11-30(28)23-36)40-26-33-13-6-5-12-32(33)25-39(37)40/h1-26H. The molecule has 0 amide bonds. The van der Waals surface area contributed by atoms with E-state index in [-0.39, 0.29) is 0 Å². The molecule has 8 aromatic rings. The molecule has 40 heavy (non-hydrogen) atoms. The Kier molecular flexibility index (Phi) is 5.24. The third-order valence-electron chi connectivity index (χ3n) is 8.20. The fourth-order valence-corrected chi connectivity index (χ4v) is 6.13. The monoisotopic (exact) mass is 506 g/mol. The molecule has 0 unspecified atom stereocenters. The Morgan fingerprint density at radius 3 is 1.20 bits per heavy atom. The molecule has 0 heteroatoms. The molecule has 0 aliphatic carbocycles. The van der Waals surface area contributed by atoms with Gasteiger partial charge < -0.3 is 0 Å². The van der Waals surface area contributed by atoms with Crippen LogP contribution in [0.3, 0.4) is 0 Å². The van der Waals surface area contributed by atoms with Gasteiger partial charge in [0.05, 0.1) is 0 Å². The molecule has 0 radical (unpaired) electrons. The fraction of sp³-hybridized carbons (Fsp3) is 0. The van der Waals surface area contributed by atoms with Crippen LogP contribution < -0.4 is 0 Å². The third kappa shape index (κ3) is 3.85. The summed E-state index contributed by atoms with van der Waals surface area (Å²) in [5.41, 5.74) is 7.47. The predicted molar refractivity (Wildman–Crippen MR) is 173 cm³/mol. The summed E-state index contributed by atoms with van der Waals surface area (Å²) in [6.07, 6.45) is 0. The third-order valence-corrected chi connectivity index (χ3v) is 8.20. The first-order valence-electron chi connectivity index (χ1n) is 13.8. The van der Waals surface area contributed by atoms with Crippen LogP contribution in [0.4, 0.5) is 0 Å². The summed E-state index contributed by atoms with van der Waals surface area (Å²) >= 11 is 0. The van der Waals surface area contributed by atoms with Crippen LogP contribution in [0.1, 0.15) is 0 Å². The molecule has 0 saturated heterocycles. The molecular formula is C40H26. The van der Waals surface area contributed by atoms with Gasteiger partial charge in [-0.1, -0.05) is 127 Å². The summed E-state index contributed by atoms with van der Waals surface area (Å²) < 4.78 is 0. The van der Waals surface area contributed by atoms with E-state index >= 15 is 0 Å². The maximum Gasteiger partial charge on any atom is -0.00928 e. The summed E-state index contributed by atoms with van der Waals surface area (Å²) in [6, 6.07) is 57.7. The molecular weight excluding hydrogens is 480 g/mol. The molecule has 0 saturated carbocycles. The minimum atomic E-state index is 1.23. The molecule has 0 nitrogen and oxygen atoms in total. The molecule has 8 aromatic carbocycles. The van der Waals surface area contributed by atoms with Crippen LogP contribution in [0, 0.1) is 0 Å². The van der Waals surface area contributed by atoms with E-state index in [1.807, 2.05) is 0 Å². The van der Waals surface area contributed by atoms with Gasteiger partial charge >= 0.3 is 0 Å². The minimum Gasteiger partial charge on any atom is -0.0616 e. The largest absolute Gasteiger partial charge is 0.0616 e. The van der Waals surface area contributed by atoms with E-state index < -0.39 is 0 Å². The Bertz CT molecular complexity index is 2220. The summed E-state index contributed by atoms with van der Waals surface area (Å²) in [5, 5.41) is 10.1. The number of hydrogen-bond acceptors (Lipinski definition) is 0. The molecule has 0 aromatic heterocycles. The van der Waals surface area contributed by atoms with Crippen molar-refractivity contribution < 1.29 is 0 Å². The summed E-state index contributed by atoms with van der Waals surface area (Å²) in [4.78, 5) is 0. The van der Waals surface area contributed by atoms with E-state index in [0.29, 0.717) is 0 Å². The van der Waals surface area contributed by atoms with E-state index in [2.05, 4.69) is 158 Å². The highest BCUT2D eigenvalue weighted by Gasteiger charge is 2.13. The van der Waals surface area contributed by atoms with Crippen molar-refractivity contribution in [1.82, 2.24) is 0 Å². The molecule has 0 bridgehead atoms. The zero-order valence-corrected chi connectivity index (χ0v) is 22.0. The lowest BCUT2D eigenvalue weighted by molar-refractivity contribution is 1.61. The number of hydrogen-bond donors (Lipinski definition) is 0. The second kappa shape index (κ2) is 9.22. The molecule has 0 N–H and O–H groups in total. The Hall–Kier alpha value is -5.20. The summed E-state index contributed by atoms with van der Waals surface area (Å²) in [7, 11) is 0. The molecule has 0 spiro atoms. The van der Waals surface area contributed by atoms with E-state index in [4.69, 9.17) is 0 Å². The summed E-state index contributed by atoms with van der Waals surface area (Å²) in [5.74, 6) is 0. The fourth-order valence-electron chi connectivity index (χ4n) is 6.13. The van der Waals surface area contributed by atoms with Gasteiger partial charge in [-0.05, 0) is 107 Å². The second-order valence-electron chi connectivity index (χ2n) is 10.6. The van der Waals surface area contributed by atoms with Crippen molar-refractivity contribution in [3.05, 3.63) is 158 Å². The van der Waals surface area contributed by atoms with Crippen molar-refractivity contribution in [3.63, 3.8) is 0 Å². The Labute approximate surface area is 233 Å². The lowest BCUT2D eigenvalue weighted by Gasteiger charge is -2.15. The summed E-state index contributed by atoms with van der Waals surface area (Å²) in [6.45, 7) is 0. The van der Waals surface area contributed by atoms with Gasteiger partial charge in [-0.3, -0.25) is 0 Å². The predicted octanol–water partition coefficient (Wildman–Crippen LogP) is 11.3. The van der Waals surface area contributed by atoms with Crippen molar-refractivity contribution in [2.45, 2.75) is 0 Å². The number of rotatable bonds is 3. The SMILES string of the molecule is c1cc(-c2ccc3ccccc3c2)cc(-c2ccc(-c3ccc4ccccc4c3)c3cc4ccccc4cc23)c1. The Morgan fingerprint density at radius 1 is 0.225 bits per heavy atom. The van der Waals surface area contributed by atoms with Crippen LogP contribution in [-0.4, -0.2) is 0 Å². The molecule has 0 atom stereocenters. The average molecular weight is 507 g/mol. The second-order valence-corrected chi connectivity index (χ2v) is 10.6.